The predicted molar refractivity (Wildman–Crippen MR) is 72.7 cm³/mol. The molecule has 2 nitrogen and oxygen atoms in total. The molecule has 0 radical (unpaired) electrons. The quantitative estimate of drug-likeness (QED) is 0.352. The summed E-state index contributed by atoms with van der Waals surface area (Å²) in [6, 6.07) is 10.1. The molecule has 100 valence electrons. The summed E-state index contributed by atoms with van der Waals surface area (Å²) < 4.78 is 6.27. The van der Waals surface area contributed by atoms with Crippen molar-refractivity contribution in [2.45, 2.75) is 0 Å². The van der Waals surface area contributed by atoms with Crippen LogP contribution in [0, 0.1) is 24.2 Å². The molecule has 1 aliphatic rings. The largest absolute Gasteiger partial charge is 1.00 e. The Labute approximate surface area is 132 Å². The Balaban J connectivity index is 0.00000180. The van der Waals surface area contributed by atoms with E-state index in [1.165, 1.54) is 0 Å². The molecule has 3 heteroatoms. The molecule has 0 atom stereocenters. The highest BCUT2D eigenvalue weighted by molar-refractivity contribution is 5.33. The van der Waals surface area contributed by atoms with Gasteiger partial charge in [-0.15, -0.1) is 6.42 Å². The van der Waals surface area contributed by atoms with Gasteiger partial charge < -0.3 is 28.7 Å². The Bertz CT molecular complexity index is 475. The zero-order valence-electron chi connectivity index (χ0n) is 10.9. The first-order chi connectivity index (χ1) is 8.85. The number of hydrogen-bond acceptors (Lipinski definition) is 1. The lowest BCUT2D eigenvalue weighted by Gasteiger charge is -2.38. The van der Waals surface area contributed by atoms with Gasteiger partial charge in [0.1, 0.15) is 26.2 Å². The summed E-state index contributed by atoms with van der Waals surface area (Å²) >= 11 is 0. The number of terminal acetylenes is 1. The Morgan fingerprint density at radius 1 is 1.11 bits per heavy atom. The van der Waals surface area contributed by atoms with Gasteiger partial charge in [-0.25, -0.2) is 0 Å². The molecule has 1 fully saturated rings. The van der Waals surface area contributed by atoms with Crippen molar-refractivity contribution in [1.82, 2.24) is 0 Å². The summed E-state index contributed by atoms with van der Waals surface area (Å²) in [6.45, 7) is 5.06. The molecule has 1 aromatic rings. The van der Waals surface area contributed by atoms with E-state index in [1.807, 2.05) is 30.3 Å². The van der Waals surface area contributed by atoms with Crippen LogP contribution in [0.4, 0.5) is 0 Å². The molecular formula is C16H18INO. The van der Waals surface area contributed by atoms with Crippen molar-refractivity contribution < 1.29 is 33.2 Å². The van der Waals surface area contributed by atoms with E-state index in [-0.39, 0.29) is 24.0 Å². The number of halogens is 1. The van der Waals surface area contributed by atoms with Crippen LogP contribution in [0.5, 0.6) is 0 Å². The fourth-order valence-electron chi connectivity index (χ4n) is 2.13. The van der Waals surface area contributed by atoms with Crippen LogP contribution in [0.25, 0.3) is 0 Å². The number of hydrogen-bond donors (Lipinski definition) is 0. The summed E-state index contributed by atoms with van der Waals surface area (Å²) in [5.74, 6) is 9.24. The number of rotatable bonds is 2. The molecule has 0 aromatic heterocycles. The molecular weight excluding hydrogens is 349 g/mol. The maximum Gasteiger partial charge on any atom is 0.142 e. The van der Waals surface area contributed by atoms with E-state index in [0.29, 0.717) is 0 Å². The van der Waals surface area contributed by atoms with Crippen molar-refractivity contribution in [1.29, 1.82) is 0 Å². The second-order valence-electron chi connectivity index (χ2n) is 4.59. The van der Waals surface area contributed by atoms with Crippen LogP contribution in [-0.2, 0) is 4.74 Å². The van der Waals surface area contributed by atoms with Crippen LogP contribution in [0.3, 0.4) is 0 Å². The normalized spacial score (nSPS) is 16.4. The van der Waals surface area contributed by atoms with Crippen molar-refractivity contribution in [2.24, 2.45) is 0 Å². The molecule has 1 saturated heterocycles. The maximum atomic E-state index is 5.47. The van der Waals surface area contributed by atoms with Gasteiger partial charge >= 0.3 is 0 Å². The number of benzene rings is 1. The smallest absolute Gasteiger partial charge is 0.142 e. The van der Waals surface area contributed by atoms with Crippen LogP contribution in [0.15, 0.2) is 30.3 Å². The Hall–Kier alpha value is -1.01. The third-order valence-electron chi connectivity index (χ3n) is 3.27. The van der Waals surface area contributed by atoms with Gasteiger partial charge in [0.2, 0.25) is 0 Å². The van der Waals surface area contributed by atoms with Crippen molar-refractivity contribution in [3.8, 4) is 24.2 Å². The van der Waals surface area contributed by atoms with Gasteiger partial charge in [-0.05, 0) is 24.0 Å². The fraction of sp³-hybridized carbons (Fsp3) is 0.375. The second-order valence-corrected chi connectivity index (χ2v) is 4.59. The number of quaternary nitrogens is 1. The highest BCUT2D eigenvalue weighted by Crippen LogP contribution is 2.10. The maximum absolute atomic E-state index is 5.47. The zero-order chi connectivity index (χ0) is 12.7. The molecule has 2 rings (SSSR count). The first-order valence-electron chi connectivity index (χ1n) is 6.25. The van der Waals surface area contributed by atoms with Crippen LogP contribution >= 0.6 is 0 Å². The van der Waals surface area contributed by atoms with Crippen LogP contribution in [0.1, 0.15) is 5.56 Å². The zero-order valence-corrected chi connectivity index (χ0v) is 13.1. The first-order valence-corrected chi connectivity index (χ1v) is 6.25. The highest BCUT2D eigenvalue weighted by Gasteiger charge is 2.28. The van der Waals surface area contributed by atoms with Crippen molar-refractivity contribution >= 4 is 0 Å². The Morgan fingerprint density at radius 3 is 2.42 bits per heavy atom. The summed E-state index contributed by atoms with van der Waals surface area (Å²) in [5, 5.41) is 0. The summed E-state index contributed by atoms with van der Waals surface area (Å²) in [4.78, 5) is 0. The van der Waals surface area contributed by atoms with Crippen molar-refractivity contribution in [3.63, 3.8) is 0 Å². The van der Waals surface area contributed by atoms with Gasteiger partial charge in [-0.1, -0.05) is 24.1 Å². The van der Waals surface area contributed by atoms with E-state index in [1.54, 1.807) is 0 Å². The second kappa shape index (κ2) is 8.22. The van der Waals surface area contributed by atoms with Crippen LogP contribution < -0.4 is 24.0 Å². The van der Waals surface area contributed by atoms with Gasteiger partial charge in [-0.2, -0.15) is 0 Å². The van der Waals surface area contributed by atoms with Gasteiger partial charge in [0.15, 0.2) is 0 Å². The van der Waals surface area contributed by atoms with Gasteiger partial charge in [0, 0.05) is 5.56 Å². The minimum atomic E-state index is 0. The molecule has 1 aliphatic heterocycles. The van der Waals surface area contributed by atoms with Crippen molar-refractivity contribution in [2.75, 3.05) is 39.4 Å². The molecule has 0 unspecified atom stereocenters. The molecule has 1 heterocycles. The average molecular weight is 367 g/mol. The minimum absolute atomic E-state index is 0. The SMILES string of the molecule is C#CC[N+]1(CC#Cc2ccccc2)CCOCC1.[I-]. The van der Waals surface area contributed by atoms with E-state index in [4.69, 9.17) is 11.2 Å². The first kappa shape index (κ1) is 16.0. The highest BCUT2D eigenvalue weighted by atomic mass is 127. The molecule has 0 bridgehead atoms. The van der Waals surface area contributed by atoms with Gasteiger partial charge in [0.05, 0.1) is 13.2 Å². The lowest BCUT2D eigenvalue weighted by molar-refractivity contribution is -0.922. The van der Waals surface area contributed by atoms with E-state index in [2.05, 4.69) is 17.8 Å². The van der Waals surface area contributed by atoms with E-state index >= 15 is 0 Å². The summed E-state index contributed by atoms with van der Waals surface area (Å²) in [7, 11) is 0. The lowest BCUT2D eigenvalue weighted by atomic mass is 10.2. The predicted octanol–water partition coefficient (Wildman–Crippen LogP) is -1.48. The molecule has 0 saturated carbocycles. The van der Waals surface area contributed by atoms with Gasteiger partial charge in [0.25, 0.3) is 0 Å². The molecule has 0 aliphatic carbocycles. The standard InChI is InChI=1S/C16H18NO.HI/c1-2-10-17(12-14-18-15-13-17)11-6-9-16-7-4-3-5-8-16;/h1,3-5,7-8H,10-15H2;1H/q+1;/p-1. The van der Waals surface area contributed by atoms with Crippen LogP contribution in [-0.4, -0.2) is 43.9 Å². The molecule has 0 amide bonds. The monoisotopic (exact) mass is 367 g/mol. The third-order valence-corrected chi connectivity index (χ3v) is 3.27. The molecule has 0 spiro atoms. The molecule has 0 N–H and O–H groups in total. The summed E-state index contributed by atoms with van der Waals surface area (Å²) in [5.41, 5.74) is 1.06. The topological polar surface area (TPSA) is 9.23 Å². The number of ether oxygens (including phenoxy) is 1. The van der Waals surface area contributed by atoms with E-state index < -0.39 is 0 Å². The minimum Gasteiger partial charge on any atom is -1.00 e. The summed E-state index contributed by atoms with van der Waals surface area (Å²) in [6.07, 6.45) is 5.47. The van der Waals surface area contributed by atoms with E-state index in [9.17, 15) is 0 Å². The average Bonchev–Trinajstić information content (AvgIpc) is 2.41. The lowest BCUT2D eigenvalue weighted by Crippen LogP contribution is -3.00. The van der Waals surface area contributed by atoms with Gasteiger partial charge in [-0.3, -0.25) is 4.48 Å². The van der Waals surface area contributed by atoms with Crippen molar-refractivity contribution in [3.05, 3.63) is 35.9 Å². The third kappa shape index (κ3) is 4.87. The fourth-order valence-corrected chi connectivity index (χ4v) is 2.13. The Morgan fingerprint density at radius 2 is 1.79 bits per heavy atom. The van der Waals surface area contributed by atoms with Crippen LogP contribution in [0.2, 0.25) is 0 Å². The Kier molecular flexibility index (Phi) is 6.94. The van der Waals surface area contributed by atoms with E-state index in [0.717, 1.165) is 49.4 Å². The number of nitrogens with zero attached hydrogens (tertiary/aromatic N) is 1. The number of morpholine rings is 1. The molecule has 1 aromatic carbocycles. The molecule has 19 heavy (non-hydrogen) atoms.